The minimum absolute atomic E-state index is 0.0461. The molecule has 1 aliphatic heterocycles. The summed E-state index contributed by atoms with van der Waals surface area (Å²) in [7, 11) is 2.90. The highest BCUT2D eigenvalue weighted by molar-refractivity contribution is 5.94. The van der Waals surface area contributed by atoms with Crippen molar-refractivity contribution in [3.8, 4) is 0 Å². The Bertz CT molecular complexity index is 1360. The van der Waals surface area contributed by atoms with Crippen molar-refractivity contribution in [2.45, 2.75) is 19.4 Å². The molecule has 0 aliphatic carbocycles. The van der Waals surface area contributed by atoms with E-state index in [1.54, 1.807) is 13.0 Å². The molecule has 2 aromatic carbocycles. The number of aromatic nitrogens is 2. The SMILES string of the molecule is CC1=C(C(=O)OCc2ccccc2)C(c2cccc(F)c2)c2c(n(C)c(=O)n(C)c2=O)N1. The number of benzene rings is 2. The third-order valence-electron chi connectivity index (χ3n) is 5.60. The zero-order valence-electron chi connectivity index (χ0n) is 17.9. The third-order valence-corrected chi connectivity index (χ3v) is 5.60. The monoisotopic (exact) mass is 435 g/mol. The molecule has 2 heterocycles. The Morgan fingerprint density at radius 3 is 2.47 bits per heavy atom. The Balaban J connectivity index is 1.87. The molecule has 1 aromatic heterocycles. The van der Waals surface area contributed by atoms with E-state index in [4.69, 9.17) is 4.74 Å². The average molecular weight is 435 g/mol. The van der Waals surface area contributed by atoms with E-state index in [0.29, 0.717) is 11.3 Å². The van der Waals surface area contributed by atoms with Gasteiger partial charge in [-0.3, -0.25) is 13.9 Å². The summed E-state index contributed by atoms with van der Waals surface area (Å²) >= 11 is 0. The van der Waals surface area contributed by atoms with Crippen LogP contribution in [0.15, 0.2) is 75.5 Å². The summed E-state index contributed by atoms with van der Waals surface area (Å²) in [6, 6.07) is 14.9. The molecule has 4 rings (SSSR count). The van der Waals surface area contributed by atoms with E-state index in [1.807, 2.05) is 30.3 Å². The van der Waals surface area contributed by atoms with Gasteiger partial charge in [-0.25, -0.2) is 14.0 Å². The number of nitrogens with one attached hydrogen (secondary N) is 1. The molecular weight excluding hydrogens is 413 g/mol. The molecule has 0 radical (unpaired) electrons. The van der Waals surface area contributed by atoms with E-state index in [-0.39, 0.29) is 23.6 Å². The van der Waals surface area contributed by atoms with Crippen LogP contribution in [0.4, 0.5) is 10.2 Å². The lowest BCUT2D eigenvalue weighted by molar-refractivity contribution is -0.140. The third kappa shape index (κ3) is 3.64. The molecule has 1 N–H and O–H groups in total. The Labute approximate surface area is 183 Å². The van der Waals surface area contributed by atoms with E-state index >= 15 is 0 Å². The number of hydrogen-bond donors (Lipinski definition) is 1. The van der Waals surface area contributed by atoms with Gasteiger partial charge in [-0.1, -0.05) is 42.5 Å². The summed E-state index contributed by atoms with van der Waals surface area (Å²) in [6.45, 7) is 1.71. The first-order valence-electron chi connectivity index (χ1n) is 10.0. The van der Waals surface area contributed by atoms with Crippen LogP contribution < -0.4 is 16.6 Å². The molecule has 0 saturated heterocycles. The van der Waals surface area contributed by atoms with Crippen LogP contribution in [-0.4, -0.2) is 15.1 Å². The largest absolute Gasteiger partial charge is 0.457 e. The van der Waals surface area contributed by atoms with Crippen molar-refractivity contribution in [3.05, 3.63) is 109 Å². The summed E-state index contributed by atoms with van der Waals surface area (Å²) in [5.74, 6) is -1.77. The van der Waals surface area contributed by atoms with Gasteiger partial charge in [-0.05, 0) is 30.2 Å². The first-order chi connectivity index (χ1) is 15.3. The van der Waals surface area contributed by atoms with Crippen molar-refractivity contribution < 1.29 is 13.9 Å². The molecule has 3 aromatic rings. The van der Waals surface area contributed by atoms with Crippen molar-refractivity contribution in [3.63, 3.8) is 0 Å². The van der Waals surface area contributed by atoms with Gasteiger partial charge < -0.3 is 10.1 Å². The van der Waals surface area contributed by atoms with Crippen molar-refractivity contribution in [1.82, 2.24) is 9.13 Å². The van der Waals surface area contributed by atoms with Gasteiger partial charge in [-0.15, -0.1) is 0 Å². The first-order valence-corrected chi connectivity index (χ1v) is 10.0. The minimum Gasteiger partial charge on any atom is -0.457 e. The van der Waals surface area contributed by atoms with Crippen molar-refractivity contribution in [1.29, 1.82) is 0 Å². The fourth-order valence-electron chi connectivity index (χ4n) is 3.98. The second-order valence-corrected chi connectivity index (χ2v) is 7.68. The van der Waals surface area contributed by atoms with E-state index in [0.717, 1.165) is 10.1 Å². The molecule has 0 fully saturated rings. The molecule has 1 unspecified atom stereocenters. The summed E-state index contributed by atoms with van der Waals surface area (Å²) in [5, 5.41) is 3.02. The van der Waals surface area contributed by atoms with E-state index in [2.05, 4.69) is 5.32 Å². The van der Waals surface area contributed by atoms with Gasteiger partial charge in [0, 0.05) is 19.8 Å². The van der Waals surface area contributed by atoms with Crippen LogP contribution in [0.25, 0.3) is 0 Å². The number of anilines is 1. The zero-order chi connectivity index (χ0) is 23.0. The summed E-state index contributed by atoms with van der Waals surface area (Å²) in [4.78, 5) is 38.8. The number of ether oxygens (including phenoxy) is 1. The number of hydrogen-bond acceptors (Lipinski definition) is 5. The molecule has 1 aliphatic rings. The van der Waals surface area contributed by atoms with Crippen LogP contribution in [-0.2, 0) is 30.2 Å². The molecule has 164 valence electrons. The lowest BCUT2D eigenvalue weighted by Crippen LogP contribution is -2.43. The van der Waals surface area contributed by atoms with Crippen LogP contribution in [0.2, 0.25) is 0 Å². The van der Waals surface area contributed by atoms with Gasteiger partial charge in [0.15, 0.2) is 0 Å². The van der Waals surface area contributed by atoms with Crippen molar-refractivity contribution in [2.75, 3.05) is 5.32 Å². The molecule has 0 saturated carbocycles. The van der Waals surface area contributed by atoms with Gasteiger partial charge in [-0.2, -0.15) is 0 Å². The molecular formula is C24H22FN3O4. The van der Waals surface area contributed by atoms with Gasteiger partial charge in [0.05, 0.1) is 17.1 Å². The summed E-state index contributed by atoms with van der Waals surface area (Å²) in [6.07, 6.45) is 0. The van der Waals surface area contributed by atoms with Crippen LogP contribution in [0.3, 0.4) is 0 Å². The maximum atomic E-state index is 14.1. The number of carbonyl (C=O) groups is 1. The quantitative estimate of drug-likeness (QED) is 0.638. The molecule has 0 amide bonds. The van der Waals surface area contributed by atoms with E-state index < -0.39 is 29.0 Å². The normalized spacial score (nSPS) is 15.2. The Morgan fingerprint density at radius 1 is 1.06 bits per heavy atom. The maximum Gasteiger partial charge on any atom is 0.337 e. The highest BCUT2D eigenvalue weighted by Gasteiger charge is 2.37. The van der Waals surface area contributed by atoms with Gasteiger partial charge in [0.2, 0.25) is 0 Å². The molecule has 1 atom stereocenters. The Morgan fingerprint density at radius 2 is 1.78 bits per heavy atom. The van der Waals surface area contributed by atoms with Crippen LogP contribution >= 0.6 is 0 Å². The molecule has 0 bridgehead atoms. The number of esters is 1. The molecule has 7 nitrogen and oxygen atoms in total. The number of allylic oxidation sites excluding steroid dienone is 1. The van der Waals surface area contributed by atoms with Gasteiger partial charge in [0.1, 0.15) is 18.2 Å². The van der Waals surface area contributed by atoms with E-state index in [1.165, 1.54) is 36.9 Å². The Hall–Kier alpha value is -3.94. The van der Waals surface area contributed by atoms with Gasteiger partial charge in [0.25, 0.3) is 5.56 Å². The first kappa shape index (κ1) is 21.3. The fourth-order valence-corrected chi connectivity index (χ4v) is 3.98. The van der Waals surface area contributed by atoms with Crippen LogP contribution in [0.1, 0.15) is 29.5 Å². The lowest BCUT2D eigenvalue weighted by Gasteiger charge is -2.30. The number of rotatable bonds is 4. The highest BCUT2D eigenvalue weighted by Crippen LogP contribution is 2.40. The topological polar surface area (TPSA) is 82.3 Å². The van der Waals surface area contributed by atoms with Crippen molar-refractivity contribution >= 4 is 11.8 Å². The lowest BCUT2D eigenvalue weighted by atomic mass is 9.82. The fraction of sp³-hybridized carbons (Fsp3) is 0.208. The smallest absolute Gasteiger partial charge is 0.337 e. The number of nitrogens with zero attached hydrogens (tertiary/aromatic N) is 2. The minimum atomic E-state index is -0.907. The maximum absolute atomic E-state index is 14.1. The van der Waals surface area contributed by atoms with Crippen LogP contribution in [0.5, 0.6) is 0 Å². The molecule has 32 heavy (non-hydrogen) atoms. The zero-order valence-corrected chi connectivity index (χ0v) is 17.9. The number of fused-ring (bicyclic) bond motifs is 1. The highest BCUT2D eigenvalue weighted by atomic mass is 19.1. The number of halogens is 1. The number of carbonyl (C=O) groups excluding carboxylic acids is 1. The molecule has 0 spiro atoms. The van der Waals surface area contributed by atoms with Crippen LogP contribution in [0, 0.1) is 5.82 Å². The molecule has 8 heteroatoms. The Kier molecular flexibility index (Phi) is 5.52. The predicted octanol–water partition coefficient (Wildman–Crippen LogP) is 2.80. The second kappa shape index (κ2) is 8.30. The van der Waals surface area contributed by atoms with E-state index in [9.17, 15) is 18.8 Å². The standard InChI is InChI=1S/C24H22FN3O4/c1-14-18(23(30)32-13-15-8-5-4-6-9-15)19(16-10-7-11-17(25)12-16)20-21(26-14)27(2)24(31)28(3)22(20)29/h4-12,19,26H,13H2,1-3H3. The second-order valence-electron chi connectivity index (χ2n) is 7.68. The predicted molar refractivity (Wildman–Crippen MR) is 118 cm³/mol. The van der Waals surface area contributed by atoms with Crippen molar-refractivity contribution in [2.24, 2.45) is 14.1 Å². The van der Waals surface area contributed by atoms with Gasteiger partial charge >= 0.3 is 11.7 Å². The summed E-state index contributed by atoms with van der Waals surface area (Å²) < 4.78 is 22.0. The summed E-state index contributed by atoms with van der Waals surface area (Å²) in [5.41, 5.74) is 0.937. The average Bonchev–Trinajstić information content (AvgIpc) is 2.79.